The van der Waals surface area contributed by atoms with Gasteiger partial charge in [-0.25, -0.2) is 13.1 Å². The number of methoxy groups -OCH3 is 1. The van der Waals surface area contributed by atoms with E-state index in [2.05, 4.69) is 4.72 Å². The van der Waals surface area contributed by atoms with Gasteiger partial charge in [0.15, 0.2) is 23.0 Å². The van der Waals surface area contributed by atoms with Gasteiger partial charge in [0.05, 0.1) is 20.3 Å². The van der Waals surface area contributed by atoms with Crippen LogP contribution in [0.3, 0.4) is 0 Å². The van der Waals surface area contributed by atoms with Crippen molar-refractivity contribution in [2.75, 3.05) is 40.0 Å². The highest BCUT2D eigenvalue weighted by Gasteiger charge is 2.22. The predicted molar refractivity (Wildman–Crippen MR) is 155 cm³/mol. The minimum atomic E-state index is -3.87. The van der Waals surface area contributed by atoms with Gasteiger partial charge in [-0.15, -0.1) is 5.06 Å². The quantitative estimate of drug-likeness (QED) is 0.176. The average Bonchev–Trinajstić information content (AvgIpc) is 2.96. The molecule has 0 aliphatic rings. The van der Waals surface area contributed by atoms with E-state index in [0.29, 0.717) is 49.2 Å². The fraction of sp³-hybridized carbons (Fsp3) is 0.400. The third-order valence-electron chi connectivity index (χ3n) is 6.02. The molecular weight excluding hydrogens is 532 g/mol. The van der Waals surface area contributed by atoms with Crippen molar-refractivity contribution in [3.8, 4) is 28.7 Å². The van der Waals surface area contributed by atoms with E-state index in [-0.39, 0.29) is 29.8 Å². The second kappa shape index (κ2) is 15.4. The molecule has 0 amide bonds. The molecule has 0 saturated carbocycles. The number of sulfonamides is 1. The van der Waals surface area contributed by atoms with Gasteiger partial charge < -0.3 is 23.8 Å². The molecule has 0 spiro atoms. The van der Waals surface area contributed by atoms with Crippen molar-refractivity contribution in [3.63, 3.8) is 0 Å². The molecule has 3 aromatic rings. The van der Waals surface area contributed by atoms with E-state index in [4.69, 9.17) is 23.8 Å². The number of rotatable bonds is 17. The molecule has 9 nitrogen and oxygen atoms in total. The highest BCUT2D eigenvalue weighted by atomic mass is 32.2. The standard InChI is InChI=1S/C30H40N2O7S/c1-6-32(39-28-16-12-11-15-27(28)37-8-3)23(4)21-24-17-18-29(35-5)30(22-24)40(33,34)31-19-20-38-26-14-10-9-13-25(26)36-7-2/h9-18,22-23,31H,6-8,19-21H2,1-5H3. The Morgan fingerprint density at radius 1 is 0.800 bits per heavy atom. The van der Waals surface area contributed by atoms with E-state index < -0.39 is 10.0 Å². The van der Waals surface area contributed by atoms with Gasteiger partial charge in [0.25, 0.3) is 0 Å². The molecule has 0 bridgehead atoms. The molecule has 218 valence electrons. The van der Waals surface area contributed by atoms with Crippen LogP contribution in [0.1, 0.15) is 33.3 Å². The summed E-state index contributed by atoms with van der Waals surface area (Å²) in [6.07, 6.45) is 0.550. The summed E-state index contributed by atoms with van der Waals surface area (Å²) in [5.41, 5.74) is 0.829. The van der Waals surface area contributed by atoms with Gasteiger partial charge in [0.2, 0.25) is 10.0 Å². The van der Waals surface area contributed by atoms with Crippen molar-refractivity contribution < 1.29 is 32.2 Å². The van der Waals surface area contributed by atoms with Crippen molar-refractivity contribution in [2.45, 2.75) is 45.1 Å². The Balaban J connectivity index is 1.68. The molecule has 0 aromatic heterocycles. The van der Waals surface area contributed by atoms with E-state index >= 15 is 0 Å². The Morgan fingerprint density at radius 3 is 1.95 bits per heavy atom. The van der Waals surface area contributed by atoms with Crippen LogP contribution in [0.5, 0.6) is 28.7 Å². The molecule has 3 aromatic carbocycles. The summed E-state index contributed by atoms with van der Waals surface area (Å²) in [6.45, 7) is 9.71. The molecular formula is C30H40N2O7S. The summed E-state index contributed by atoms with van der Waals surface area (Å²) in [4.78, 5) is 6.25. The topological polar surface area (TPSA) is 95.6 Å². The van der Waals surface area contributed by atoms with E-state index in [9.17, 15) is 8.42 Å². The molecule has 1 N–H and O–H groups in total. The second-order valence-corrected chi connectivity index (χ2v) is 10.6. The number of hydrogen-bond donors (Lipinski definition) is 1. The fourth-order valence-corrected chi connectivity index (χ4v) is 5.38. The number of ether oxygens (including phenoxy) is 4. The third-order valence-corrected chi connectivity index (χ3v) is 7.50. The molecule has 0 heterocycles. The summed E-state index contributed by atoms with van der Waals surface area (Å²) >= 11 is 0. The number of likely N-dealkylation sites (N-methyl/N-ethyl adjacent to an activating group) is 1. The van der Waals surface area contributed by atoms with Gasteiger partial charge in [-0.05, 0) is 76.1 Å². The van der Waals surface area contributed by atoms with Gasteiger partial charge in [0, 0.05) is 19.1 Å². The summed E-state index contributed by atoms with van der Waals surface area (Å²) < 4.78 is 51.5. The number of nitrogens with zero attached hydrogens (tertiary/aromatic N) is 1. The Labute approximate surface area is 238 Å². The molecule has 0 aliphatic carbocycles. The molecule has 0 saturated heterocycles. The third kappa shape index (κ3) is 8.51. The molecule has 1 unspecified atom stereocenters. The zero-order valence-electron chi connectivity index (χ0n) is 23.9. The van der Waals surface area contributed by atoms with Gasteiger partial charge in [-0.1, -0.05) is 30.3 Å². The van der Waals surface area contributed by atoms with Crippen molar-refractivity contribution in [1.82, 2.24) is 9.79 Å². The van der Waals surface area contributed by atoms with E-state index in [0.717, 1.165) is 5.56 Å². The highest BCUT2D eigenvalue weighted by molar-refractivity contribution is 7.89. The minimum absolute atomic E-state index is 0.0598. The molecule has 0 fully saturated rings. The zero-order chi connectivity index (χ0) is 29.0. The van der Waals surface area contributed by atoms with Crippen LogP contribution in [0.25, 0.3) is 0 Å². The number of hydrogen-bond acceptors (Lipinski definition) is 8. The van der Waals surface area contributed by atoms with E-state index in [1.165, 1.54) is 7.11 Å². The van der Waals surface area contributed by atoms with Crippen molar-refractivity contribution in [2.24, 2.45) is 0 Å². The molecule has 10 heteroatoms. The number of nitrogens with one attached hydrogen (secondary N) is 1. The number of benzene rings is 3. The lowest BCUT2D eigenvalue weighted by Crippen LogP contribution is -2.37. The average molecular weight is 573 g/mol. The highest BCUT2D eigenvalue weighted by Crippen LogP contribution is 2.30. The van der Waals surface area contributed by atoms with Crippen molar-refractivity contribution in [1.29, 1.82) is 0 Å². The summed E-state index contributed by atoms with van der Waals surface area (Å²) in [6, 6.07) is 19.9. The van der Waals surface area contributed by atoms with Crippen LogP contribution in [0.4, 0.5) is 0 Å². The van der Waals surface area contributed by atoms with Crippen LogP contribution >= 0.6 is 0 Å². The Kier molecular flexibility index (Phi) is 11.9. The van der Waals surface area contributed by atoms with Gasteiger partial charge >= 0.3 is 0 Å². The maximum atomic E-state index is 13.2. The van der Waals surface area contributed by atoms with Crippen LogP contribution in [0, 0.1) is 0 Å². The Hall–Kier alpha value is -3.47. The lowest BCUT2D eigenvalue weighted by atomic mass is 10.1. The van der Waals surface area contributed by atoms with Crippen LogP contribution in [-0.4, -0.2) is 59.5 Å². The Bertz CT molecular complexity index is 1320. The lowest BCUT2D eigenvalue weighted by molar-refractivity contribution is -0.0874. The summed E-state index contributed by atoms with van der Waals surface area (Å²) in [7, 11) is -2.42. The van der Waals surface area contributed by atoms with Crippen LogP contribution in [0.15, 0.2) is 71.6 Å². The van der Waals surface area contributed by atoms with Gasteiger partial charge in [0.1, 0.15) is 17.3 Å². The first-order valence-electron chi connectivity index (χ1n) is 13.5. The molecule has 40 heavy (non-hydrogen) atoms. The zero-order valence-corrected chi connectivity index (χ0v) is 24.7. The molecule has 3 rings (SSSR count). The largest absolute Gasteiger partial charge is 0.495 e. The summed E-state index contributed by atoms with van der Waals surface area (Å²) in [5, 5.41) is 1.85. The first kappa shape index (κ1) is 31.1. The first-order chi connectivity index (χ1) is 19.3. The number of hydroxylamine groups is 2. The van der Waals surface area contributed by atoms with Crippen LogP contribution in [0.2, 0.25) is 0 Å². The van der Waals surface area contributed by atoms with Crippen LogP contribution in [-0.2, 0) is 16.4 Å². The van der Waals surface area contributed by atoms with E-state index in [1.54, 1.807) is 18.2 Å². The second-order valence-electron chi connectivity index (χ2n) is 8.87. The maximum absolute atomic E-state index is 13.2. The minimum Gasteiger partial charge on any atom is -0.495 e. The maximum Gasteiger partial charge on any atom is 0.244 e. The smallest absolute Gasteiger partial charge is 0.244 e. The lowest BCUT2D eigenvalue weighted by Gasteiger charge is -2.28. The molecule has 1 atom stereocenters. The molecule has 0 radical (unpaired) electrons. The predicted octanol–water partition coefficient (Wildman–Crippen LogP) is 5.10. The van der Waals surface area contributed by atoms with Gasteiger partial charge in [-0.2, -0.15) is 0 Å². The first-order valence-corrected chi connectivity index (χ1v) is 15.0. The van der Waals surface area contributed by atoms with E-state index in [1.807, 2.05) is 81.3 Å². The fourth-order valence-electron chi connectivity index (χ4n) is 4.15. The summed E-state index contributed by atoms with van der Waals surface area (Å²) in [5.74, 6) is 2.74. The van der Waals surface area contributed by atoms with Crippen molar-refractivity contribution >= 4 is 10.0 Å². The number of para-hydroxylation sites is 4. The van der Waals surface area contributed by atoms with Crippen molar-refractivity contribution in [3.05, 3.63) is 72.3 Å². The normalized spacial score (nSPS) is 12.2. The SMILES string of the molecule is CCOc1ccccc1OCCNS(=O)(=O)c1cc(CC(C)N(CC)Oc2ccccc2OCC)ccc1OC. The molecule has 0 aliphatic heterocycles. The monoisotopic (exact) mass is 572 g/mol. The van der Waals surface area contributed by atoms with Gasteiger partial charge in [-0.3, -0.25) is 0 Å². The Morgan fingerprint density at radius 2 is 1.38 bits per heavy atom. The van der Waals surface area contributed by atoms with Crippen LogP contribution < -0.4 is 28.5 Å².